The van der Waals surface area contributed by atoms with Crippen molar-refractivity contribution in [1.29, 1.82) is 0 Å². The normalized spacial score (nSPS) is 11.7. The Morgan fingerprint density at radius 2 is 2.12 bits per heavy atom. The summed E-state index contributed by atoms with van der Waals surface area (Å²) in [4.78, 5) is 22.9. The average Bonchev–Trinajstić information content (AvgIpc) is 2.86. The number of hydrogen-bond acceptors (Lipinski definition) is 6. The molecule has 0 aliphatic heterocycles. The van der Waals surface area contributed by atoms with Gasteiger partial charge in [0, 0.05) is 6.07 Å². The molecule has 1 aromatic carbocycles. The van der Waals surface area contributed by atoms with Crippen LogP contribution >= 0.6 is 11.6 Å². The summed E-state index contributed by atoms with van der Waals surface area (Å²) in [5.41, 5.74) is 0.206. The zero-order valence-corrected chi connectivity index (χ0v) is 14.1. The van der Waals surface area contributed by atoms with Gasteiger partial charge < -0.3 is 24.3 Å². The minimum absolute atomic E-state index is 0.0116. The van der Waals surface area contributed by atoms with Crippen LogP contribution in [0.15, 0.2) is 28.7 Å². The molecule has 0 aliphatic carbocycles. The number of carboxylic acids is 1. The second kappa shape index (κ2) is 7.89. The molecular weight excluding hydrogens is 357 g/mol. The number of carbonyl (C=O) groups excluding carboxylic acids is 1. The zero-order chi connectivity index (χ0) is 18.6. The predicted octanol–water partition coefficient (Wildman–Crippen LogP) is 4.15. The lowest BCUT2D eigenvalue weighted by atomic mass is 10.2. The Balaban J connectivity index is 2.25. The first-order chi connectivity index (χ1) is 11.8. The van der Waals surface area contributed by atoms with Crippen LogP contribution in [0.25, 0.3) is 0 Å². The van der Waals surface area contributed by atoms with Gasteiger partial charge in [-0.25, -0.2) is 14.0 Å². The van der Waals surface area contributed by atoms with E-state index in [1.165, 1.54) is 19.1 Å². The van der Waals surface area contributed by atoms with E-state index in [2.05, 4.69) is 10.1 Å². The lowest BCUT2D eigenvalue weighted by Crippen LogP contribution is -2.20. The molecule has 0 bridgehead atoms. The summed E-state index contributed by atoms with van der Waals surface area (Å²) in [6.45, 7) is 3.25. The van der Waals surface area contributed by atoms with Crippen LogP contribution in [-0.2, 0) is 9.53 Å². The molecule has 1 heterocycles. The minimum Gasteiger partial charge on any atom is -0.479 e. The molecule has 1 aromatic heterocycles. The number of furan rings is 1. The Morgan fingerprint density at radius 3 is 2.72 bits per heavy atom. The summed E-state index contributed by atoms with van der Waals surface area (Å²) in [5, 5.41) is 12.1. The number of aliphatic carboxylic acids is 1. The van der Waals surface area contributed by atoms with Crippen molar-refractivity contribution >= 4 is 29.4 Å². The fourth-order valence-corrected chi connectivity index (χ4v) is 2.21. The van der Waals surface area contributed by atoms with E-state index >= 15 is 0 Å². The minimum atomic E-state index is -1.33. The molecule has 7 nitrogen and oxygen atoms in total. The van der Waals surface area contributed by atoms with Gasteiger partial charge in [0.05, 0.1) is 17.3 Å². The van der Waals surface area contributed by atoms with Gasteiger partial charge in [-0.2, -0.15) is 0 Å². The van der Waals surface area contributed by atoms with Crippen molar-refractivity contribution in [1.82, 2.24) is 0 Å². The maximum Gasteiger partial charge on any atom is 0.513 e. The molecule has 1 atom stereocenters. The van der Waals surface area contributed by atoms with Gasteiger partial charge in [-0.15, -0.1) is 0 Å². The first-order valence-corrected chi connectivity index (χ1v) is 7.59. The Morgan fingerprint density at radius 1 is 1.40 bits per heavy atom. The van der Waals surface area contributed by atoms with Crippen molar-refractivity contribution in [2.24, 2.45) is 0 Å². The summed E-state index contributed by atoms with van der Waals surface area (Å²) < 4.78 is 28.0. The molecule has 0 radical (unpaired) electrons. The third-order valence-corrected chi connectivity index (χ3v) is 3.42. The van der Waals surface area contributed by atoms with E-state index in [4.69, 9.17) is 20.8 Å². The van der Waals surface area contributed by atoms with E-state index < -0.39 is 24.0 Å². The zero-order valence-electron chi connectivity index (χ0n) is 13.3. The predicted molar refractivity (Wildman–Crippen MR) is 86.5 cm³/mol. The van der Waals surface area contributed by atoms with Crippen LogP contribution in [0.4, 0.5) is 14.9 Å². The van der Waals surface area contributed by atoms with Gasteiger partial charge >= 0.3 is 12.1 Å². The molecule has 1 unspecified atom stereocenters. The molecule has 134 valence electrons. The van der Waals surface area contributed by atoms with Crippen LogP contribution in [-0.4, -0.2) is 23.8 Å². The van der Waals surface area contributed by atoms with Crippen LogP contribution < -0.4 is 10.1 Å². The number of ether oxygens (including phenoxy) is 2. The molecule has 0 spiro atoms. The van der Waals surface area contributed by atoms with Gasteiger partial charge in [-0.1, -0.05) is 11.6 Å². The highest BCUT2D eigenvalue weighted by Gasteiger charge is 2.27. The number of carbonyl (C=O) groups is 2. The molecule has 2 rings (SSSR count). The van der Waals surface area contributed by atoms with Gasteiger partial charge in [0.25, 0.3) is 0 Å². The van der Waals surface area contributed by atoms with Crippen LogP contribution in [0.2, 0.25) is 5.02 Å². The monoisotopic (exact) mass is 371 g/mol. The smallest absolute Gasteiger partial charge is 0.479 e. The first kappa shape index (κ1) is 18.6. The highest BCUT2D eigenvalue weighted by atomic mass is 35.5. The van der Waals surface area contributed by atoms with Crippen LogP contribution in [0.5, 0.6) is 5.75 Å². The Labute approximate surface area is 147 Å². The number of aryl methyl sites for hydroxylation is 1. The lowest BCUT2D eigenvalue weighted by Gasteiger charge is -2.14. The summed E-state index contributed by atoms with van der Waals surface area (Å²) in [7, 11) is 0. The molecule has 0 fully saturated rings. The summed E-state index contributed by atoms with van der Waals surface area (Å²) in [6, 6.07) is 3.41. The quantitative estimate of drug-likeness (QED) is 0.736. The molecular formula is C16H15ClFNO6. The van der Waals surface area contributed by atoms with Gasteiger partial charge in [-0.05, 0) is 32.0 Å². The third kappa shape index (κ3) is 4.63. The molecule has 0 aliphatic rings. The van der Waals surface area contributed by atoms with Crippen molar-refractivity contribution < 1.29 is 33.0 Å². The second-order valence-corrected chi connectivity index (χ2v) is 5.30. The number of halogens is 2. The molecule has 0 saturated heterocycles. The number of anilines is 1. The third-order valence-electron chi connectivity index (χ3n) is 3.11. The maximum absolute atomic E-state index is 13.1. The first-order valence-electron chi connectivity index (χ1n) is 7.21. The van der Waals surface area contributed by atoms with Gasteiger partial charge in [0.2, 0.25) is 0 Å². The van der Waals surface area contributed by atoms with Crippen molar-refractivity contribution in [3.63, 3.8) is 0 Å². The topological polar surface area (TPSA) is 98.0 Å². The number of carboxylic acid groups (broad SMARTS) is 1. The van der Waals surface area contributed by atoms with Crippen LogP contribution in [0, 0.1) is 12.7 Å². The van der Waals surface area contributed by atoms with Crippen molar-refractivity contribution in [3.8, 4) is 5.75 Å². The SMILES string of the molecule is CCOC(=O)Oc1cc(C(Nc2ccc(F)cc2Cl)C(=O)O)oc1C. The van der Waals surface area contributed by atoms with Gasteiger partial charge in [0.1, 0.15) is 17.3 Å². The van der Waals surface area contributed by atoms with E-state index in [1.807, 2.05) is 0 Å². The van der Waals surface area contributed by atoms with E-state index in [1.54, 1.807) is 6.92 Å². The van der Waals surface area contributed by atoms with Crippen molar-refractivity contribution in [2.45, 2.75) is 19.9 Å². The highest BCUT2D eigenvalue weighted by Crippen LogP contribution is 2.31. The highest BCUT2D eigenvalue weighted by molar-refractivity contribution is 6.33. The second-order valence-electron chi connectivity index (χ2n) is 4.89. The van der Waals surface area contributed by atoms with E-state index in [-0.39, 0.29) is 34.6 Å². The largest absolute Gasteiger partial charge is 0.513 e. The van der Waals surface area contributed by atoms with Crippen LogP contribution in [0.3, 0.4) is 0 Å². The molecule has 0 saturated carbocycles. The van der Waals surface area contributed by atoms with Gasteiger partial charge in [0.15, 0.2) is 11.8 Å². The van der Waals surface area contributed by atoms with E-state index in [0.29, 0.717) is 0 Å². The standard InChI is InChI=1S/C16H15ClFNO6/c1-3-23-16(22)25-12-7-13(24-8(12)2)14(15(20)21)19-11-5-4-9(18)6-10(11)17/h4-7,14,19H,3H2,1-2H3,(H,20,21). The Bertz CT molecular complexity index is 791. The number of benzene rings is 1. The summed E-state index contributed by atoms with van der Waals surface area (Å²) in [6.07, 6.45) is -0.931. The van der Waals surface area contributed by atoms with E-state index in [0.717, 1.165) is 12.1 Å². The fourth-order valence-electron chi connectivity index (χ4n) is 1.98. The molecule has 2 N–H and O–H groups in total. The molecule has 25 heavy (non-hydrogen) atoms. The molecule has 0 amide bonds. The lowest BCUT2D eigenvalue weighted by molar-refractivity contribution is -0.138. The summed E-state index contributed by atoms with van der Waals surface area (Å²) >= 11 is 5.89. The fraction of sp³-hybridized carbons (Fsp3) is 0.250. The van der Waals surface area contributed by atoms with Crippen molar-refractivity contribution in [3.05, 3.63) is 46.6 Å². The van der Waals surface area contributed by atoms with Gasteiger partial charge in [-0.3, -0.25) is 0 Å². The number of nitrogens with one attached hydrogen (secondary N) is 1. The number of rotatable bonds is 6. The van der Waals surface area contributed by atoms with Crippen LogP contribution in [0.1, 0.15) is 24.5 Å². The van der Waals surface area contributed by atoms with E-state index in [9.17, 15) is 19.1 Å². The Hall–Kier alpha value is -2.74. The summed E-state index contributed by atoms with van der Waals surface area (Å²) in [5.74, 6) is -1.61. The van der Waals surface area contributed by atoms with Crippen molar-refractivity contribution in [2.75, 3.05) is 11.9 Å². The Kier molecular flexibility index (Phi) is 5.87. The maximum atomic E-state index is 13.1. The molecule has 2 aromatic rings. The molecule has 9 heteroatoms. The average molecular weight is 372 g/mol. The number of hydrogen-bond donors (Lipinski definition) is 2.